The number of allylic oxidation sites excluding steroid dienone is 3. The first-order valence-corrected chi connectivity index (χ1v) is 9.61. The number of fused-ring (bicyclic) bond motifs is 2. The van der Waals surface area contributed by atoms with Gasteiger partial charge in [-0.25, -0.2) is 14.1 Å². The van der Waals surface area contributed by atoms with Gasteiger partial charge in [-0.2, -0.15) is 18.3 Å². The summed E-state index contributed by atoms with van der Waals surface area (Å²) in [7, 11) is 0. The van der Waals surface area contributed by atoms with Gasteiger partial charge in [-0.3, -0.25) is 0 Å². The van der Waals surface area contributed by atoms with Gasteiger partial charge in [-0.05, 0) is 54.0 Å². The van der Waals surface area contributed by atoms with Crippen LogP contribution in [0.15, 0.2) is 72.7 Å². The van der Waals surface area contributed by atoms with E-state index in [1.165, 1.54) is 24.4 Å². The number of halogens is 4. The molecule has 4 nitrogen and oxygen atoms in total. The number of hydrogen-bond acceptors (Lipinski definition) is 2. The summed E-state index contributed by atoms with van der Waals surface area (Å²) in [4.78, 5) is 7.09. The standard InChI is InChI=1S/C23H16F4N4/c24-16-7-8-19-17(11-16)18(13-29-19)22(23(25,26)27)14-4-5-15-12-30-31(20(15)9-6-14)21-3-1-2-10-28-21/h1-4,6-13,22,29H,5H2. The summed E-state index contributed by atoms with van der Waals surface area (Å²) < 4.78 is 58.0. The lowest BCUT2D eigenvalue weighted by Crippen LogP contribution is -2.22. The minimum absolute atomic E-state index is 0.00444. The Kier molecular flexibility index (Phi) is 4.50. The molecule has 0 aliphatic heterocycles. The van der Waals surface area contributed by atoms with E-state index in [0.29, 0.717) is 17.0 Å². The van der Waals surface area contributed by atoms with Gasteiger partial charge >= 0.3 is 6.18 Å². The van der Waals surface area contributed by atoms with Crippen LogP contribution in [0.1, 0.15) is 22.7 Å². The van der Waals surface area contributed by atoms with Crippen LogP contribution in [0.2, 0.25) is 0 Å². The van der Waals surface area contributed by atoms with E-state index < -0.39 is 17.9 Å². The molecular formula is C23H16F4N4. The molecule has 3 heterocycles. The number of alkyl halides is 3. The van der Waals surface area contributed by atoms with Crippen LogP contribution in [-0.4, -0.2) is 25.9 Å². The third kappa shape index (κ3) is 3.43. The average Bonchev–Trinajstić information content (AvgIpc) is 3.27. The normalized spacial score (nSPS) is 14.9. The van der Waals surface area contributed by atoms with Gasteiger partial charge in [0.25, 0.3) is 0 Å². The molecule has 1 atom stereocenters. The maximum Gasteiger partial charge on any atom is 0.399 e. The fourth-order valence-electron chi connectivity index (χ4n) is 3.97. The van der Waals surface area contributed by atoms with E-state index in [1.54, 1.807) is 41.4 Å². The summed E-state index contributed by atoms with van der Waals surface area (Å²) in [5, 5.41) is 4.55. The molecule has 0 spiro atoms. The van der Waals surface area contributed by atoms with Crippen molar-refractivity contribution in [2.75, 3.05) is 0 Å². The Morgan fingerprint density at radius 1 is 1.10 bits per heavy atom. The first kappa shape index (κ1) is 19.3. The number of H-pyrrole nitrogens is 1. The molecule has 31 heavy (non-hydrogen) atoms. The van der Waals surface area contributed by atoms with E-state index in [2.05, 4.69) is 15.1 Å². The fraction of sp³-hybridized carbons (Fsp3) is 0.130. The van der Waals surface area contributed by atoms with Gasteiger partial charge in [0.05, 0.1) is 11.9 Å². The molecule has 1 aliphatic carbocycles. The molecule has 4 aromatic rings. The number of hydrogen-bond donors (Lipinski definition) is 1. The predicted molar refractivity (Wildman–Crippen MR) is 109 cm³/mol. The summed E-state index contributed by atoms with van der Waals surface area (Å²) in [6.45, 7) is 0. The lowest BCUT2D eigenvalue weighted by atomic mass is 9.89. The maximum atomic E-state index is 14.2. The number of aromatic nitrogens is 4. The summed E-state index contributed by atoms with van der Waals surface area (Å²) in [5.74, 6) is -1.89. The summed E-state index contributed by atoms with van der Waals surface area (Å²) in [5.41, 5.74) is 2.02. The molecule has 156 valence electrons. The van der Waals surface area contributed by atoms with Crippen LogP contribution in [0.25, 0.3) is 22.8 Å². The van der Waals surface area contributed by atoms with Crippen molar-refractivity contribution in [1.82, 2.24) is 19.7 Å². The highest BCUT2D eigenvalue weighted by molar-refractivity contribution is 5.84. The lowest BCUT2D eigenvalue weighted by Gasteiger charge is -2.21. The number of pyridine rings is 1. The van der Waals surface area contributed by atoms with Gasteiger partial charge in [0.1, 0.15) is 11.7 Å². The third-order valence-electron chi connectivity index (χ3n) is 5.39. The minimum Gasteiger partial charge on any atom is -0.361 e. The van der Waals surface area contributed by atoms with Crippen molar-refractivity contribution in [3.63, 3.8) is 0 Å². The zero-order valence-electron chi connectivity index (χ0n) is 16.1. The van der Waals surface area contributed by atoms with Crippen LogP contribution in [0.5, 0.6) is 0 Å². The molecule has 0 saturated carbocycles. The van der Waals surface area contributed by atoms with Gasteiger partial charge in [0.15, 0.2) is 5.82 Å². The Morgan fingerprint density at radius 3 is 2.74 bits per heavy atom. The number of nitrogens with zero attached hydrogens (tertiary/aromatic N) is 3. The van der Waals surface area contributed by atoms with Crippen molar-refractivity contribution in [2.45, 2.75) is 18.5 Å². The lowest BCUT2D eigenvalue weighted by molar-refractivity contribution is -0.141. The fourth-order valence-corrected chi connectivity index (χ4v) is 3.97. The largest absolute Gasteiger partial charge is 0.399 e. The van der Waals surface area contributed by atoms with E-state index >= 15 is 0 Å². The molecule has 1 aliphatic rings. The van der Waals surface area contributed by atoms with E-state index in [9.17, 15) is 17.6 Å². The van der Waals surface area contributed by atoms with Crippen molar-refractivity contribution < 1.29 is 17.6 Å². The van der Waals surface area contributed by atoms with Gasteiger partial charge in [0, 0.05) is 28.9 Å². The Balaban J connectivity index is 1.58. The number of aromatic amines is 1. The van der Waals surface area contributed by atoms with Crippen LogP contribution in [0, 0.1) is 5.82 Å². The molecule has 5 rings (SSSR count). The molecule has 0 amide bonds. The Morgan fingerprint density at radius 2 is 1.97 bits per heavy atom. The van der Waals surface area contributed by atoms with Crippen molar-refractivity contribution in [2.24, 2.45) is 0 Å². The van der Waals surface area contributed by atoms with E-state index in [0.717, 1.165) is 11.6 Å². The Labute approximate surface area is 174 Å². The molecule has 1 unspecified atom stereocenters. The van der Waals surface area contributed by atoms with Crippen molar-refractivity contribution in [1.29, 1.82) is 0 Å². The maximum absolute atomic E-state index is 14.2. The molecule has 1 aromatic carbocycles. The highest BCUT2D eigenvalue weighted by Crippen LogP contribution is 2.44. The van der Waals surface area contributed by atoms with Gasteiger partial charge in [-0.1, -0.05) is 18.2 Å². The predicted octanol–water partition coefficient (Wildman–Crippen LogP) is 5.73. The van der Waals surface area contributed by atoms with Crippen molar-refractivity contribution >= 4 is 17.0 Å². The van der Waals surface area contributed by atoms with E-state index in [4.69, 9.17) is 0 Å². The topological polar surface area (TPSA) is 46.5 Å². The molecule has 8 heteroatoms. The molecule has 1 N–H and O–H groups in total. The number of rotatable bonds is 3. The SMILES string of the molecule is Fc1ccc2[nH]cc(C(C3=CCc4cnn(-c5ccccn5)c4C=C3)C(F)(F)F)c2c1. The Hall–Kier alpha value is -3.68. The van der Waals surface area contributed by atoms with Crippen LogP contribution in [0.4, 0.5) is 17.6 Å². The van der Waals surface area contributed by atoms with Gasteiger partial charge in [0.2, 0.25) is 0 Å². The molecule has 0 fully saturated rings. The zero-order valence-corrected chi connectivity index (χ0v) is 16.1. The second-order valence-corrected chi connectivity index (χ2v) is 7.30. The minimum atomic E-state index is -4.55. The van der Waals surface area contributed by atoms with Crippen LogP contribution in [0.3, 0.4) is 0 Å². The summed E-state index contributed by atoms with van der Waals surface area (Å²) >= 11 is 0. The first-order valence-electron chi connectivity index (χ1n) is 9.61. The van der Waals surface area contributed by atoms with E-state index in [-0.39, 0.29) is 22.9 Å². The van der Waals surface area contributed by atoms with E-state index in [1.807, 2.05) is 6.07 Å². The van der Waals surface area contributed by atoms with Crippen LogP contribution >= 0.6 is 0 Å². The highest BCUT2D eigenvalue weighted by atomic mass is 19.4. The molecule has 0 radical (unpaired) electrons. The average molecular weight is 424 g/mol. The van der Waals surface area contributed by atoms with Crippen molar-refractivity contribution in [3.8, 4) is 5.82 Å². The Bertz CT molecular complexity index is 1310. The molecular weight excluding hydrogens is 408 g/mol. The van der Waals surface area contributed by atoms with Crippen LogP contribution < -0.4 is 0 Å². The first-order chi connectivity index (χ1) is 14.9. The zero-order chi connectivity index (χ0) is 21.6. The molecule has 0 saturated heterocycles. The highest BCUT2D eigenvalue weighted by Gasteiger charge is 2.43. The summed E-state index contributed by atoms with van der Waals surface area (Å²) in [6, 6.07) is 9.16. The van der Waals surface area contributed by atoms with Gasteiger partial charge < -0.3 is 4.98 Å². The van der Waals surface area contributed by atoms with Crippen LogP contribution in [-0.2, 0) is 6.42 Å². The second-order valence-electron chi connectivity index (χ2n) is 7.30. The monoisotopic (exact) mass is 424 g/mol. The van der Waals surface area contributed by atoms with Gasteiger partial charge in [-0.15, -0.1) is 0 Å². The molecule has 0 bridgehead atoms. The molecule has 3 aromatic heterocycles. The van der Waals surface area contributed by atoms with Crippen molar-refractivity contribution in [3.05, 3.63) is 95.4 Å². The second kappa shape index (κ2) is 7.23. The number of nitrogens with one attached hydrogen (secondary N) is 1. The smallest absolute Gasteiger partial charge is 0.361 e. The summed E-state index contributed by atoms with van der Waals surface area (Å²) in [6.07, 6.45) is 4.96. The quantitative estimate of drug-likeness (QED) is 0.427. The number of benzene rings is 1. The third-order valence-corrected chi connectivity index (χ3v) is 5.39.